The van der Waals surface area contributed by atoms with Gasteiger partial charge in [0, 0.05) is 62.2 Å². The number of carbonyl (C=O) groups excluding carboxylic acids is 1. The number of hydrogen-bond acceptors (Lipinski definition) is 7. The largest absolute Gasteiger partial charge is 0.356 e. The summed E-state index contributed by atoms with van der Waals surface area (Å²) in [6.07, 6.45) is 6.26. The molecule has 9 heteroatoms. The second-order valence-corrected chi connectivity index (χ2v) is 7.80. The Hall–Kier alpha value is -3.36. The van der Waals surface area contributed by atoms with Crippen LogP contribution in [0.2, 0.25) is 0 Å². The highest BCUT2D eigenvalue weighted by molar-refractivity contribution is 5.92. The summed E-state index contributed by atoms with van der Waals surface area (Å²) >= 11 is 0. The van der Waals surface area contributed by atoms with E-state index in [0.717, 1.165) is 49.2 Å². The standard InChI is InChI=1S/C20H22N8O/c1-13-5-14(2)28(25-13)19-6-18(23-12-24-19)26-8-15-10-27(11-16(15)9-26)20(29)17-7-21-3-4-22-17/h3-7,12,15-16H,8-11H2,1-2H3. The number of anilines is 1. The summed E-state index contributed by atoms with van der Waals surface area (Å²) < 4.78 is 1.85. The highest BCUT2D eigenvalue weighted by atomic mass is 16.2. The zero-order chi connectivity index (χ0) is 20.0. The van der Waals surface area contributed by atoms with Crippen LogP contribution in [0.25, 0.3) is 5.82 Å². The molecule has 2 unspecified atom stereocenters. The van der Waals surface area contributed by atoms with E-state index in [2.05, 4.69) is 29.9 Å². The molecular formula is C20H22N8O. The third kappa shape index (κ3) is 3.22. The molecule has 2 saturated heterocycles. The molecule has 3 aromatic heterocycles. The maximum absolute atomic E-state index is 12.6. The highest BCUT2D eigenvalue weighted by Gasteiger charge is 2.42. The Morgan fingerprint density at radius 1 is 0.966 bits per heavy atom. The van der Waals surface area contributed by atoms with Crippen LogP contribution in [0, 0.1) is 25.7 Å². The van der Waals surface area contributed by atoms with Crippen molar-refractivity contribution in [1.82, 2.24) is 34.6 Å². The van der Waals surface area contributed by atoms with Crippen molar-refractivity contribution in [1.29, 1.82) is 0 Å². The van der Waals surface area contributed by atoms with E-state index in [1.807, 2.05) is 35.6 Å². The molecular weight excluding hydrogens is 368 g/mol. The number of aryl methyl sites for hydroxylation is 2. The first-order valence-electron chi connectivity index (χ1n) is 9.74. The fraction of sp³-hybridized carbons (Fsp3) is 0.400. The first kappa shape index (κ1) is 17.7. The van der Waals surface area contributed by atoms with Crippen LogP contribution in [0.15, 0.2) is 37.1 Å². The summed E-state index contributed by atoms with van der Waals surface area (Å²) in [5, 5.41) is 4.52. The van der Waals surface area contributed by atoms with Crippen LogP contribution in [0.1, 0.15) is 21.9 Å². The summed E-state index contributed by atoms with van der Waals surface area (Å²) in [5.41, 5.74) is 2.42. The van der Waals surface area contributed by atoms with E-state index >= 15 is 0 Å². The lowest BCUT2D eigenvalue weighted by Gasteiger charge is -2.22. The molecule has 0 spiro atoms. The minimum atomic E-state index is -0.0344. The predicted octanol–water partition coefficient (Wildman–Crippen LogP) is 1.28. The molecule has 148 valence electrons. The first-order chi connectivity index (χ1) is 14.1. The fourth-order valence-corrected chi connectivity index (χ4v) is 4.40. The van der Waals surface area contributed by atoms with Gasteiger partial charge in [-0.05, 0) is 19.9 Å². The number of likely N-dealkylation sites (tertiary alicyclic amines) is 1. The Morgan fingerprint density at radius 3 is 2.38 bits per heavy atom. The summed E-state index contributed by atoms with van der Waals surface area (Å²) in [4.78, 5) is 33.9. The Morgan fingerprint density at radius 2 is 1.72 bits per heavy atom. The molecule has 2 aliphatic rings. The van der Waals surface area contributed by atoms with E-state index in [1.165, 1.54) is 6.20 Å². The maximum Gasteiger partial charge on any atom is 0.274 e. The number of rotatable bonds is 3. The van der Waals surface area contributed by atoms with Crippen LogP contribution in [-0.4, -0.2) is 66.7 Å². The molecule has 3 aromatic rings. The van der Waals surface area contributed by atoms with Crippen molar-refractivity contribution in [2.24, 2.45) is 11.8 Å². The second-order valence-electron chi connectivity index (χ2n) is 7.80. The summed E-state index contributed by atoms with van der Waals surface area (Å²) in [7, 11) is 0. The molecule has 1 amide bonds. The highest BCUT2D eigenvalue weighted by Crippen LogP contribution is 2.34. The van der Waals surface area contributed by atoms with Crippen LogP contribution in [-0.2, 0) is 0 Å². The van der Waals surface area contributed by atoms with E-state index in [4.69, 9.17) is 0 Å². The topological polar surface area (TPSA) is 92.9 Å². The number of fused-ring (bicyclic) bond motifs is 1. The van der Waals surface area contributed by atoms with Crippen molar-refractivity contribution >= 4 is 11.7 Å². The lowest BCUT2D eigenvalue weighted by Crippen LogP contribution is -2.34. The molecule has 0 aliphatic carbocycles. The van der Waals surface area contributed by atoms with Gasteiger partial charge in [-0.15, -0.1) is 0 Å². The molecule has 2 fully saturated rings. The minimum Gasteiger partial charge on any atom is -0.356 e. The maximum atomic E-state index is 12.6. The minimum absolute atomic E-state index is 0.0344. The SMILES string of the molecule is Cc1cc(C)n(-c2cc(N3CC4CN(C(=O)c5cnccn5)CC4C3)ncn2)n1. The number of carbonyl (C=O) groups is 1. The average molecular weight is 390 g/mol. The van der Waals surface area contributed by atoms with Crippen molar-refractivity contribution in [2.75, 3.05) is 31.1 Å². The van der Waals surface area contributed by atoms with Gasteiger partial charge in [0.1, 0.15) is 17.8 Å². The second kappa shape index (κ2) is 6.91. The lowest BCUT2D eigenvalue weighted by atomic mass is 10.0. The molecule has 0 bridgehead atoms. The Bertz CT molecular complexity index is 1040. The smallest absolute Gasteiger partial charge is 0.274 e. The molecule has 0 N–H and O–H groups in total. The summed E-state index contributed by atoms with van der Waals surface area (Å²) in [6.45, 7) is 7.23. The first-order valence-corrected chi connectivity index (χ1v) is 9.74. The van der Waals surface area contributed by atoms with E-state index in [0.29, 0.717) is 17.5 Å². The van der Waals surface area contributed by atoms with Gasteiger partial charge in [0.25, 0.3) is 5.91 Å². The van der Waals surface area contributed by atoms with Crippen LogP contribution < -0.4 is 4.90 Å². The molecule has 9 nitrogen and oxygen atoms in total. The van der Waals surface area contributed by atoms with Crippen LogP contribution in [0.3, 0.4) is 0 Å². The predicted molar refractivity (Wildman–Crippen MR) is 106 cm³/mol. The Kier molecular flexibility index (Phi) is 4.22. The number of amides is 1. The van der Waals surface area contributed by atoms with Crippen molar-refractivity contribution in [3.8, 4) is 5.82 Å². The van der Waals surface area contributed by atoms with Crippen LogP contribution >= 0.6 is 0 Å². The molecule has 5 heterocycles. The van der Waals surface area contributed by atoms with Crippen molar-refractivity contribution < 1.29 is 4.79 Å². The van der Waals surface area contributed by atoms with E-state index in [9.17, 15) is 4.79 Å². The third-order valence-electron chi connectivity index (χ3n) is 5.74. The third-order valence-corrected chi connectivity index (χ3v) is 5.74. The fourth-order valence-electron chi connectivity index (χ4n) is 4.40. The van der Waals surface area contributed by atoms with Crippen molar-refractivity contribution in [3.63, 3.8) is 0 Å². The van der Waals surface area contributed by atoms with Gasteiger partial charge in [-0.1, -0.05) is 0 Å². The van der Waals surface area contributed by atoms with Gasteiger partial charge in [0.05, 0.1) is 11.9 Å². The van der Waals surface area contributed by atoms with Gasteiger partial charge in [0.2, 0.25) is 0 Å². The Labute approximate surface area is 168 Å². The van der Waals surface area contributed by atoms with Crippen LogP contribution in [0.5, 0.6) is 0 Å². The monoisotopic (exact) mass is 390 g/mol. The van der Waals surface area contributed by atoms with Gasteiger partial charge in [-0.25, -0.2) is 19.6 Å². The van der Waals surface area contributed by atoms with Gasteiger partial charge in [-0.2, -0.15) is 5.10 Å². The quantitative estimate of drug-likeness (QED) is 0.665. The van der Waals surface area contributed by atoms with E-state index in [1.54, 1.807) is 18.7 Å². The molecule has 0 aromatic carbocycles. The normalized spacial score (nSPS) is 20.9. The van der Waals surface area contributed by atoms with Crippen molar-refractivity contribution in [2.45, 2.75) is 13.8 Å². The van der Waals surface area contributed by atoms with Crippen molar-refractivity contribution in [3.05, 3.63) is 54.1 Å². The van der Waals surface area contributed by atoms with E-state index in [-0.39, 0.29) is 5.91 Å². The number of nitrogens with zero attached hydrogens (tertiary/aromatic N) is 8. The molecule has 0 saturated carbocycles. The zero-order valence-corrected chi connectivity index (χ0v) is 16.4. The average Bonchev–Trinajstić information content (AvgIpc) is 3.41. The van der Waals surface area contributed by atoms with E-state index < -0.39 is 0 Å². The summed E-state index contributed by atoms with van der Waals surface area (Å²) in [6, 6.07) is 4.02. The number of aromatic nitrogens is 6. The molecule has 2 atom stereocenters. The Balaban J connectivity index is 1.29. The summed E-state index contributed by atoms with van der Waals surface area (Å²) in [5.74, 6) is 2.51. The van der Waals surface area contributed by atoms with Gasteiger partial charge in [-0.3, -0.25) is 9.78 Å². The zero-order valence-electron chi connectivity index (χ0n) is 16.4. The molecule has 2 aliphatic heterocycles. The molecule has 5 rings (SSSR count). The molecule has 0 radical (unpaired) electrons. The van der Waals surface area contributed by atoms with Gasteiger partial charge < -0.3 is 9.80 Å². The lowest BCUT2D eigenvalue weighted by molar-refractivity contribution is 0.0776. The number of hydrogen-bond donors (Lipinski definition) is 0. The van der Waals surface area contributed by atoms with Gasteiger partial charge in [0.15, 0.2) is 5.82 Å². The van der Waals surface area contributed by atoms with Crippen LogP contribution in [0.4, 0.5) is 5.82 Å². The van der Waals surface area contributed by atoms with Gasteiger partial charge >= 0.3 is 0 Å². The molecule has 29 heavy (non-hydrogen) atoms.